The van der Waals surface area contributed by atoms with Crippen molar-refractivity contribution >= 4 is 21.4 Å². The first kappa shape index (κ1) is 17.5. The molecular formula is C23H21NO4S. The summed E-state index contributed by atoms with van der Waals surface area (Å²) in [4.78, 5) is 28.7. The highest BCUT2D eigenvalue weighted by Crippen LogP contribution is 2.67. The second-order valence-electron chi connectivity index (χ2n) is 8.83. The highest BCUT2D eigenvalue weighted by Gasteiger charge is 2.76. The number of carbonyl (C=O) groups excluding carboxylic acids is 2. The lowest BCUT2D eigenvalue weighted by atomic mass is 9.75. The maximum absolute atomic E-state index is 14.0. The molecule has 2 aromatic carbocycles. The molecule has 4 unspecified atom stereocenters. The minimum absolute atomic E-state index is 0.0438. The minimum atomic E-state index is -3.98. The van der Waals surface area contributed by atoms with Crippen molar-refractivity contribution in [3.8, 4) is 0 Å². The van der Waals surface area contributed by atoms with E-state index in [1.54, 1.807) is 24.3 Å². The number of rotatable bonds is 2. The number of hydrogen-bond acceptors (Lipinski definition) is 5. The van der Waals surface area contributed by atoms with Crippen LogP contribution in [0, 0.1) is 12.8 Å². The quantitative estimate of drug-likeness (QED) is 0.765. The van der Waals surface area contributed by atoms with Gasteiger partial charge in [-0.1, -0.05) is 42.0 Å². The fourth-order valence-corrected chi connectivity index (χ4v) is 8.58. The fraction of sp³-hybridized carbons (Fsp3) is 0.391. The number of benzene rings is 2. The second kappa shape index (κ2) is 5.43. The molecule has 2 aromatic rings. The zero-order chi connectivity index (χ0) is 20.1. The molecule has 29 heavy (non-hydrogen) atoms. The zero-order valence-electron chi connectivity index (χ0n) is 16.0. The molecule has 1 saturated carbocycles. The lowest BCUT2D eigenvalue weighted by molar-refractivity contribution is -0.123. The maximum atomic E-state index is 14.0. The van der Waals surface area contributed by atoms with E-state index in [0.717, 1.165) is 16.7 Å². The molecule has 5 nitrogen and oxygen atoms in total. The molecule has 6 atom stereocenters. The lowest BCUT2D eigenvalue weighted by Gasteiger charge is -2.44. The summed E-state index contributed by atoms with van der Waals surface area (Å²) < 4.78 is 26.5. The van der Waals surface area contributed by atoms with Gasteiger partial charge in [-0.2, -0.15) is 0 Å². The Morgan fingerprint density at radius 2 is 1.69 bits per heavy atom. The van der Waals surface area contributed by atoms with Crippen LogP contribution in [0.25, 0.3) is 0 Å². The van der Waals surface area contributed by atoms with Crippen LogP contribution in [-0.4, -0.2) is 35.7 Å². The second-order valence-corrected chi connectivity index (χ2v) is 11.0. The summed E-state index contributed by atoms with van der Waals surface area (Å²) >= 11 is 0. The van der Waals surface area contributed by atoms with Crippen molar-refractivity contribution in [1.82, 2.24) is 4.90 Å². The first-order valence-corrected chi connectivity index (χ1v) is 11.6. The predicted molar refractivity (Wildman–Crippen MR) is 106 cm³/mol. The van der Waals surface area contributed by atoms with E-state index in [1.165, 1.54) is 0 Å². The van der Waals surface area contributed by atoms with Gasteiger partial charge in [0.05, 0.1) is 17.0 Å². The number of piperidine rings is 1. The van der Waals surface area contributed by atoms with Crippen molar-refractivity contribution in [2.24, 2.45) is 5.92 Å². The lowest BCUT2D eigenvalue weighted by Crippen LogP contribution is -2.56. The van der Waals surface area contributed by atoms with E-state index in [1.807, 2.05) is 31.2 Å². The Hall–Kier alpha value is -2.31. The zero-order valence-corrected chi connectivity index (χ0v) is 16.9. The molecule has 3 fully saturated rings. The molecule has 3 aliphatic heterocycles. The van der Waals surface area contributed by atoms with Gasteiger partial charge in [0.25, 0.3) is 0 Å². The smallest absolute Gasteiger partial charge is 0.193 e. The van der Waals surface area contributed by atoms with Crippen molar-refractivity contribution in [3.05, 3.63) is 65.2 Å². The predicted octanol–water partition coefficient (Wildman–Crippen LogP) is 2.94. The van der Waals surface area contributed by atoms with Gasteiger partial charge in [0.1, 0.15) is 5.78 Å². The molecule has 3 heterocycles. The monoisotopic (exact) mass is 407 g/mol. The molecule has 4 aliphatic rings. The van der Waals surface area contributed by atoms with Gasteiger partial charge in [-0.25, -0.2) is 8.42 Å². The number of Topliss-reactive ketones (excluding diaryl/α,β-unsaturated/α-hetero) is 2. The Bertz CT molecular complexity index is 1190. The fourth-order valence-electron chi connectivity index (χ4n) is 6.35. The molecule has 0 spiro atoms. The minimum Gasteiger partial charge on any atom is -0.299 e. The number of carbonyl (C=O) groups is 2. The van der Waals surface area contributed by atoms with Crippen LogP contribution >= 0.6 is 0 Å². The van der Waals surface area contributed by atoms with Gasteiger partial charge >= 0.3 is 0 Å². The normalized spacial score (nSPS) is 36.9. The largest absolute Gasteiger partial charge is 0.299 e. The van der Waals surface area contributed by atoms with E-state index in [-0.39, 0.29) is 34.8 Å². The number of fused-ring (bicyclic) bond motifs is 3. The average molecular weight is 407 g/mol. The number of ketones is 2. The van der Waals surface area contributed by atoms with Crippen LogP contribution in [0.2, 0.25) is 0 Å². The standard InChI is InChI=1S/C23H21NO4S/c1-13-6-8-14(9-7-13)29(27,28)23-12-17-18(10-11-19(17)25)24-20(22(23)26)15-4-2-3-5-16(15)21(23)24/h2-9,17-18,20-21H,10-12H2,1H3/t17-,18-,20?,21?,23?/m1/s1. The van der Waals surface area contributed by atoms with Crippen LogP contribution in [-0.2, 0) is 19.4 Å². The molecule has 0 amide bonds. The van der Waals surface area contributed by atoms with E-state index in [2.05, 4.69) is 4.90 Å². The van der Waals surface area contributed by atoms with Crippen LogP contribution in [0.15, 0.2) is 53.4 Å². The summed E-state index contributed by atoms with van der Waals surface area (Å²) in [5.41, 5.74) is 2.81. The third-order valence-electron chi connectivity index (χ3n) is 7.57. The van der Waals surface area contributed by atoms with Crippen LogP contribution in [0.1, 0.15) is 48.0 Å². The Balaban J connectivity index is 1.63. The van der Waals surface area contributed by atoms with Crippen molar-refractivity contribution in [2.75, 3.05) is 0 Å². The Morgan fingerprint density at radius 1 is 1.00 bits per heavy atom. The van der Waals surface area contributed by atoms with Crippen LogP contribution in [0.5, 0.6) is 0 Å². The number of hydrogen-bond donors (Lipinski definition) is 0. The summed E-state index contributed by atoms with van der Waals surface area (Å²) in [6.07, 6.45) is 1.28. The number of sulfone groups is 1. The first-order valence-electron chi connectivity index (χ1n) is 10.1. The van der Waals surface area contributed by atoms with Crippen molar-refractivity contribution < 1.29 is 18.0 Å². The molecule has 0 N–H and O–H groups in total. The first-order chi connectivity index (χ1) is 13.9. The third kappa shape index (κ3) is 1.87. The van der Waals surface area contributed by atoms with Crippen LogP contribution < -0.4 is 0 Å². The molecule has 0 radical (unpaired) electrons. The molecule has 6 rings (SSSR count). The molecule has 6 heteroatoms. The van der Waals surface area contributed by atoms with Gasteiger partial charge in [-0.15, -0.1) is 0 Å². The molecule has 0 aromatic heterocycles. The van der Waals surface area contributed by atoms with Crippen LogP contribution in [0.3, 0.4) is 0 Å². The maximum Gasteiger partial charge on any atom is 0.193 e. The van der Waals surface area contributed by atoms with E-state index < -0.39 is 26.7 Å². The summed E-state index contributed by atoms with van der Waals surface area (Å²) in [7, 11) is -3.98. The van der Waals surface area contributed by atoms with Gasteiger partial charge in [0, 0.05) is 18.4 Å². The van der Waals surface area contributed by atoms with Gasteiger partial charge in [-0.05, 0) is 43.0 Å². The molecule has 148 valence electrons. The van der Waals surface area contributed by atoms with Crippen molar-refractivity contribution in [2.45, 2.75) is 54.0 Å². The van der Waals surface area contributed by atoms with Crippen molar-refractivity contribution in [1.29, 1.82) is 0 Å². The van der Waals surface area contributed by atoms with E-state index >= 15 is 0 Å². The Morgan fingerprint density at radius 3 is 2.41 bits per heavy atom. The highest BCUT2D eigenvalue weighted by molar-refractivity contribution is 7.93. The highest BCUT2D eigenvalue weighted by atomic mass is 32.2. The molecule has 1 aliphatic carbocycles. The van der Waals surface area contributed by atoms with Crippen molar-refractivity contribution in [3.63, 3.8) is 0 Å². The van der Waals surface area contributed by atoms with E-state index in [4.69, 9.17) is 0 Å². The summed E-state index contributed by atoms with van der Waals surface area (Å²) in [5.74, 6) is -0.528. The van der Waals surface area contributed by atoms with E-state index in [9.17, 15) is 18.0 Å². The third-order valence-corrected chi connectivity index (χ3v) is 10.0. The number of aryl methyl sites for hydroxylation is 1. The molecule has 4 bridgehead atoms. The van der Waals surface area contributed by atoms with Gasteiger partial charge < -0.3 is 0 Å². The Labute approximate surface area is 169 Å². The van der Waals surface area contributed by atoms with Crippen LogP contribution in [0.4, 0.5) is 0 Å². The summed E-state index contributed by atoms with van der Waals surface area (Å²) in [6, 6.07) is 13.3. The topological polar surface area (TPSA) is 71.5 Å². The average Bonchev–Trinajstić information content (AvgIpc) is 3.30. The molecular weight excluding hydrogens is 386 g/mol. The SMILES string of the molecule is Cc1ccc(S(=O)(=O)C23C[C@H]4C(=O)CC[C@H]4N4C(C2=O)c2ccccc2C43)cc1. The van der Waals surface area contributed by atoms with Gasteiger partial charge in [0.2, 0.25) is 0 Å². The number of nitrogens with zero attached hydrogens (tertiary/aromatic N) is 1. The Kier molecular flexibility index (Phi) is 3.29. The summed E-state index contributed by atoms with van der Waals surface area (Å²) in [6.45, 7) is 1.90. The molecule has 2 saturated heterocycles. The van der Waals surface area contributed by atoms with E-state index in [0.29, 0.717) is 12.8 Å². The summed E-state index contributed by atoms with van der Waals surface area (Å²) in [5, 5.41) is 0. The van der Waals surface area contributed by atoms with Gasteiger partial charge in [0.15, 0.2) is 20.4 Å². The van der Waals surface area contributed by atoms with Gasteiger partial charge in [-0.3, -0.25) is 14.5 Å².